The third-order valence-corrected chi connectivity index (χ3v) is 4.97. The van der Waals surface area contributed by atoms with Crippen LogP contribution in [0.5, 0.6) is 0 Å². The molecule has 3 rings (SSSR count). The maximum absolute atomic E-state index is 14.1. The summed E-state index contributed by atoms with van der Waals surface area (Å²) < 4.78 is 16.0. The lowest BCUT2D eigenvalue weighted by Crippen LogP contribution is -2.46. The number of hydrogen-bond acceptors (Lipinski definition) is 3. The number of nitrogens with two attached hydrogens (primary N) is 1. The number of carbonyl (C=O) groups excluding carboxylic acids is 1. The van der Waals surface area contributed by atoms with Crippen molar-refractivity contribution in [2.45, 2.75) is 38.3 Å². The van der Waals surface area contributed by atoms with Gasteiger partial charge in [0.05, 0.1) is 18.1 Å². The lowest BCUT2D eigenvalue weighted by Gasteiger charge is -2.26. The number of nitrogens with one attached hydrogen (secondary N) is 1. The van der Waals surface area contributed by atoms with Crippen molar-refractivity contribution in [3.8, 4) is 0 Å². The number of amides is 1. The summed E-state index contributed by atoms with van der Waals surface area (Å²) >= 11 is 0. The molecule has 0 aliphatic rings. The average Bonchev–Trinajstić information content (AvgIpc) is 3.13. The van der Waals surface area contributed by atoms with Crippen molar-refractivity contribution in [3.05, 3.63) is 89.8 Å². The van der Waals surface area contributed by atoms with Gasteiger partial charge >= 0.3 is 0 Å². The van der Waals surface area contributed by atoms with E-state index in [0.29, 0.717) is 25.1 Å². The Hall–Kier alpha value is -2.99. The predicted octanol–water partition coefficient (Wildman–Crippen LogP) is 3.03. The van der Waals surface area contributed by atoms with Gasteiger partial charge in [0.15, 0.2) is 0 Å². The van der Waals surface area contributed by atoms with Crippen LogP contribution in [0.25, 0.3) is 0 Å². The van der Waals surface area contributed by atoms with Gasteiger partial charge in [-0.1, -0.05) is 62.4 Å². The van der Waals surface area contributed by atoms with Crippen LogP contribution in [-0.4, -0.2) is 28.0 Å². The summed E-state index contributed by atoms with van der Waals surface area (Å²) in [7, 11) is 0. The van der Waals surface area contributed by atoms with Crippen LogP contribution in [0.1, 0.15) is 30.7 Å². The van der Waals surface area contributed by atoms with Crippen LogP contribution in [0, 0.1) is 5.82 Å². The lowest BCUT2D eigenvalue weighted by molar-refractivity contribution is -0.122. The minimum Gasteiger partial charge on any atom is -0.354 e. The Bertz CT molecular complexity index is 952. The molecule has 29 heavy (non-hydrogen) atoms. The minimum atomic E-state index is -0.716. The summed E-state index contributed by atoms with van der Waals surface area (Å²) in [6, 6.07) is 16.0. The van der Waals surface area contributed by atoms with Gasteiger partial charge in [-0.3, -0.25) is 4.79 Å². The molecule has 1 atom stereocenters. The van der Waals surface area contributed by atoms with Crippen molar-refractivity contribution in [3.63, 3.8) is 0 Å². The number of rotatable bonds is 8. The summed E-state index contributed by atoms with van der Waals surface area (Å²) in [5, 5.41) is 2.85. The van der Waals surface area contributed by atoms with E-state index in [1.807, 2.05) is 42.8 Å². The van der Waals surface area contributed by atoms with Crippen LogP contribution in [-0.2, 0) is 23.2 Å². The predicted molar refractivity (Wildman–Crippen MR) is 112 cm³/mol. The number of nitrogens with zero attached hydrogens (tertiary/aromatic N) is 2. The van der Waals surface area contributed by atoms with E-state index in [9.17, 15) is 9.18 Å². The van der Waals surface area contributed by atoms with Gasteiger partial charge in [0, 0.05) is 31.1 Å². The molecule has 0 saturated carbocycles. The number of aromatic nitrogens is 2. The quantitative estimate of drug-likeness (QED) is 0.617. The lowest BCUT2D eigenvalue weighted by atomic mass is 9.84. The first-order valence-corrected chi connectivity index (χ1v) is 9.68. The van der Waals surface area contributed by atoms with E-state index in [1.54, 1.807) is 24.5 Å². The van der Waals surface area contributed by atoms with Crippen molar-refractivity contribution < 1.29 is 9.18 Å². The Morgan fingerprint density at radius 3 is 2.59 bits per heavy atom. The Morgan fingerprint density at radius 1 is 1.17 bits per heavy atom. The van der Waals surface area contributed by atoms with Crippen molar-refractivity contribution in [1.82, 2.24) is 14.9 Å². The van der Waals surface area contributed by atoms with Crippen LogP contribution in [0.3, 0.4) is 0 Å². The maximum atomic E-state index is 14.1. The average molecular weight is 394 g/mol. The first-order valence-electron chi connectivity index (χ1n) is 9.68. The Balaban J connectivity index is 1.54. The smallest absolute Gasteiger partial charge is 0.237 e. The largest absolute Gasteiger partial charge is 0.354 e. The summed E-state index contributed by atoms with van der Waals surface area (Å²) in [5.74, 6) is -0.549. The molecule has 0 spiro atoms. The molecule has 1 amide bonds. The summed E-state index contributed by atoms with van der Waals surface area (Å²) in [4.78, 5) is 16.8. The van der Waals surface area contributed by atoms with E-state index in [4.69, 9.17) is 5.73 Å². The van der Waals surface area contributed by atoms with Crippen LogP contribution >= 0.6 is 0 Å². The molecular formula is C23H27FN4O. The second-order valence-corrected chi connectivity index (χ2v) is 7.92. The normalized spacial score (nSPS) is 12.6. The van der Waals surface area contributed by atoms with Gasteiger partial charge in [-0.15, -0.1) is 0 Å². The molecule has 0 fully saturated rings. The topological polar surface area (TPSA) is 72.9 Å². The standard InChI is InChI=1S/C23H27FN4O/c1-23(2,19-10-6-7-11-20(19)24)15-26-22(29)21(25)12-18-14-28(16-27-18)13-17-8-4-3-5-9-17/h3-11,14,16,21H,12-13,15,25H2,1-2H3,(H,26,29)/t21-/m0/s1. The Labute approximate surface area is 170 Å². The molecule has 0 saturated heterocycles. The number of benzene rings is 2. The number of hydrogen-bond donors (Lipinski definition) is 2. The first-order chi connectivity index (χ1) is 13.8. The zero-order valence-electron chi connectivity index (χ0n) is 16.8. The highest BCUT2D eigenvalue weighted by Gasteiger charge is 2.26. The molecule has 2 aromatic carbocycles. The molecule has 0 unspecified atom stereocenters. The molecule has 3 aromatic rings. The van der Waals surface area contributed by atoms with Gasteiger partial charge in [0.2, 0.25) is 5.91 Å². The van der Waals surface area contributed by atoms with E-state index in [0.717, 1.165) is 5.69 Å². The van der Waals surface area contributed by atoms with Crippen LogP contribution in [0.15, 0.2) is 67.1 Å². The van der Waals surface area contributed by atoms with Gasteiger partial charge < -0.3 is 15.6 Å². The monoisotopic (exact) mass is 394 g/mol. The molecule has 152 valence electrons. The van der Waals surface area contributed by atoms with E-state index < -0.39 is 11.5 Å². The second-order valence-electron chi connectivity index (χ2n) is 7.92. The molecule has 1 aromatic heterocycles. The highest BCUT2D eigenvalue weighted by atomic mass is 19.1. The van der Waals surface area contributed by atoms with E-state index in [2.05, 4.69) is 22.4 Å². The van der Waals surface area contributed by atoms with Crippen LogP contribution < -0.4 is 11.1 Å². The van der Waals surface area contributed by atoms with Gasteiger partial charge in [-0.05, 0) is 17.2 Å². The molecule has 1 heterocycles. The van der Waals surface area contributed by atoms with Crippen LogP contribution in [0.2, 0.25) is 0 Å². The highest BCUT2D eigenvalue weighted by molar-refractivity contribution is 5.81. The molecule has 3 N–H and O–H groups in total. The number of halogens is 1. The molecule has 0 aliphatic heterocycles. The highest BCUT2D eigenvalue weighted by Crippen LogP contribution is 2.24. The van der Waals surface area contributed by atoms with E-state index in [-0.39, 0.29) is 11.7 Å². The molecule has 5 nitrogen and oxygen atoms in total. The molecular weight excluding hydrogens is 367 g/mol. The first kappa shape index (κ1) is 20.7. The zero-order valence-corrected chi connectivity index (χ0v) is 16.8. The van der Waals surface area contributed by atoms with Gasteiger partial charge in [-0.2, -0.15) is 0 Å². The minimum absolute atomic E-state index is 0.271. The van der Waals surface area contributed by atoms with E-state index >= 15 is 0 Å². The fourth-order valence-corrected chi connectivity index (χ4v) is 3.25. The van der Waals surface area contributed by atoms with Gasteiger partial charge in [0.25, 0.3) is 0 Å². The van der Waals surface area contributed by atoms with Crippen molar-refractivity contribution in [2.75, 3.05) is 6.54 Å². The SMILES string of the molecule is CC(C)(CNC(=O)[C@@H](N)Cc1cn(Cc2ccccc2)cn1)c1ccccc1F. The summed E-state index contributed by atoms with van der Waals surface area (Å²) in [5.41, 5.74) is 8.03. The van der Waals surface area contributed by atoms with Gasteiger partial charge in [0.1, 0.15) is 5.82 Å². The maximum Gasteiger partial charge on any atom is 0.237 e. The van der Waals surface area contributed by atoms with Crippen molar-refractivity contribution >= 4 is 5.91 Å². The van der Waals surface area contributed by atoms with Crippen molar-refractivity contribution in [1.29, 1.82) is 0 Å². The second kappa shape index (κ2) is 9.01. The summed E-state index contributed by atoms with van der Waals surface area (Å²) in [6.45, 7) is 4.79. The Morgan fingerprint density at radius 2 is 1.86 bits per heavy atom. The molecule has 0 radical (unpaired) electrons. The number of carbonyl (C=O) groups is 1. The fourth-order valence-electron chi connectivity index (χ4n) is 3.25. The molecule has 0 bridgehead atoms. The number of imidazole rings is 1. The third kappa shape index (κ3) is 5.51. The van der Waals surface area contributed by atoms with Crippen LogP contribution in [0.4, 0.5) is 4.39 Å². The Kier molecular flexibility index (Phi) is 6.44. The zero-order chi connectivity index (χ0) is 20.9. The fraction of sp³-hybridized carbons (Fsp3) is 0.304. The van der Waals surface area contributed by atoms with E-state index in [1.165, 1.54) is 11.6 Å². The third-order valence-electron chi connectivity index (χ3n) is 4.97. The summed E-state index contributed by atoms with van der Waals surface area (Å²) in [6.07, 6.45) is 3.99. The van der Waals surface area contributed by atoms with Gasteiger partial charge in [-0.25, -0.2) is 9.37 Å². The molecule has 6 heteroatoms. The molecule has 0 aliphatic carbocycles. The van der Waals surface area contributed by atoms with Crippen molar-refractivity contribution in [2.24, 2.45) is 5.73 Å².